The molecule has 1 heterocycles. The predicted octanol–water partition coefficient (Wildman–Crippen LogP) is 0.140. The van der Waals surface area contributed by atoms with Crippen molar-refractivity contribution >= 4 is 11.0 Å². The van der Waals surface area contributed by atoms with E-state index in [0.717, 1.165) is 0 Å². The smallest absolute Gasteiger partial charge is 0.0970 e. The second-order valence-electron chi connectivity index (χ2n) is 3.92. The molecule has 0 radical (unpaired) electrons. The van der Waals surface area contributed by atoms with Crippen LogP contribution in [0, 0.1) is 0 Å². The van der Waals surface area contributed by atoms with E-state index in [1.807, 2.05) is 25.1 Å². The molecule has 1 fully saturated rings. The van der Waals surface area contributed by atoms with Gasteiger partial charge < -0.3 is 9.84 Å². The molecule has 5 heteroatoms. The lowest BCUT2D eigenvalue weighted by molar-refractivity contribution is -0.0741. The Morgan fingerprint density at radius 3 is 2.71 bits per heavy atom. The van der Waals surface area contributed by atoms with Gasteiger partial charge in [-0.15, -0.1) is 0 Å². The second kappa shape index (κ2) is 5.21. The fourth-order valence-corrected chi connectivity index (χ4v) is 2.82. The quantitative estimate of drug-likeness (QED) is 0.737. The Hall–Kier alpha value is 0.0300. The molecule has 0 aromatic carbocycles. The summed E-state index contributed by atoms with van der Waals surface area (Å²) in [6, 6.07) is 0. The molecule has 0 spiro atoms. The number of aliphatic hydroxyl groups excluding tert-OH is 1. The van der Waals surface area contributed by atoms with Gasteiger partial charge in [-0.05, 0) is 20.8 Å². The molecule has 3 atom stereocenters. The predicted molar refractivity (Wildman–Crippen MR) is 56.3 cm³/mol. The van der Waals surface area contributed by atoms with Crippen LogP contribution in [0.1, 0.15) is 20.8 Å². The topological polar surface area (TPSA) is 49.8 Å². The molecule has 0 aromatic heterocycles. The van der Waals surface area contributed by atoms with E-state index in [2.05, 4.69) is 0 Å². The molecule has 1 rings (SSSR count). The molecular weight excluding hydrogens is 202 g/mol. The van der Waals surface area contributed by atoms with E-state index >= 15 is 0 Å². The highest BCUT2D eigenvalue weighted by molar-refractivity contribution is 7.83. The average Bonchev–Trinajstić information content (AvgIpc) is 2.15. The fraction of sp³-hybridized carbons (Fsp3) is 1.00. The van der Waals surface area contributed by atoms with Crippen LogP contribution in [0.4, 0.5) is 0 Å². The Bertz CT molecular complexity index is 210. The van der Waals surface area contributed by atoms with Crippen LogP contribution < -0.4 is 0 Å². The van der Waals surface area contributed by atoms with Crippen LogP contribution in [0.5, 0.6) is 0 Å². The van der Waals surface area contributed by atoms with Gasteiger partial charge in [-0.25, -0.2) is 8.51 Å². The maximum absolute atomic E-state index is 11.8. The lowest BCUT2D eigenvalue weighted by Crippen LogP contribution is -2.49. The Balaban J connectivity index is 2.57. The minimum atomic E-state index is -0.959. The summed E-state index contributed by atoms with van der Waals surface area (Å²) in [5.41, 5.74) is 0. The van der Waals surface area contributed by atoms with Crippen molar-refractivity contribution in [2.75, 3.05) is 19.7 Å². The summed E-state index contributed by atoms with van der Waals surface area (Å²) in [5.74, 6) is 0. The van der Waals surface area contributed by atoms with E-state index in [9.17, 15) is 4.21 Å². The largest absolute Gasteiger partial charge is 0.394 e. The number of aliphatic hydroxyl groups is 1. The first kappa shape index (κ1) is 12.1. The molecule has 0 aromatic rings. The summed E-state index contributed by atoms with van der Waals surface area (Å²) < 4.78 is 19.2. The number of hydrogen-bond acceptors (Lipinski definition) is 3. The summed E-state index contributed by atoms with van der Waals surface area (Å²) >= 11 is 0. The van der Waals surface area contributed by atoms with Crippen molar-refractivity contribution in [1.29, 1.82) is 0 Å². The first-order valence-electron chi connectivity index (χ1n) is 4.96. The van der Waals surface area contributed by atoms with Crippen LogP contribution in [-0.2, 0) is 15.7 Å². The fourth-order valence-electron chi connectivity index (χ4n) is 1.55. The number of ether oxygens (including phenoxy) is 1. The third-order valence-corrected chi connectivity index (χ3v) is 3.77. The van der Waals surface area contributed by atoms with Gasteiger partial charge >= 0.3 is 0 Å². The Morgan fingerprint density at radius 1 is 1.57 bits per heavy atom. The minimum absolute atomic E-state index is 0.00383. The van der Waals surface area contributed by atoms with Gasteiger partial charge in [0.2, 0.25) is 0 Å². The highest BCUT2D eigenvalue weighted by atomic mass is 32.2. The van der Waals surface area contributed by atoms with E-state index in [4.69, 9.17) is 9.84 Å². The molecule has 1 aliphatic rings. The van der Waals surface area contributed by atoms with Gasteiger partial charge in [0.05, 0.1) is 29.8 Å². The number of morpholine rings is 1. The Labute approximate surface area is 87.8 Å². The van der Waals surface area contributed by atoms with Crippen molar-refractivity contribution in [1.82, 2.24) is 4.31 Å². The number of hydrogen-bond donors (Lipinski definition) is 1. The molecule has 4 nitrogen and oxygen atoms in total. The lowest BCUT2D eigenvalue weighted by Gasteiger charge is -2.35. The first-order valence-corrected chi connectivity index (χ1v) is 6.13. The van der Waals surface area contributed by atoms with Gasteiger partial charge in [0.1, 0.15) is 0 Å². The standard InChI is InChI=1S/C9H19NO3S/c1-7(2)14(12)10-4-8(3)13-9(5-10)6-11/h7-9,11H,4-6H2,1-3H3. The maximum Gasteiger partial charge on any atom is 0.0970 e. The van der Waals surface area contributed by atoms with E-state index < -0.39 is 11.0 Å². The third kappa shape index (κ3) is 3.02. The molecule has 1 saturated heterocycles. The van der Waals surface area contributed by atoms with Gasteiger partial charge in [-0.3, -0.25) is 0 Å². The molecule has 0 bridgehead atoms. The second-order valence-corrected chi connectivity index (χ2v) is 5.93. The van der Waals surface area contributed by atoms with Crippen LogP contribution >= 0.6 is 0 Å². The van der Waals surface area contributed by atoms with Crippen molar-refractivity contribution in [2.45, 2.75) is 38.2 Å². The van der Waals surface area contributed by atoms with Crippen molar-refractivity contribution < 1.29 is 14.1 Å². The van der Waals surface area contributed by atoms with Gasteiger partial charge in [0.15, 0.2) is 0 Å². The van der Waals surface area contributed by atoms with Crippen molar-refractivity contribution in [3.63, 3.8) is 0 Å². The summed E-state index contributed by atoms with van der Waals surface area (Å²) in [4.78, 5) is 0. The SMILES string of the molecule is CC1CN(S(=O)C(C)C)CC(CO)O1. The van der Waals surface area contributed by atoms with E-state index in [-0.39, 0.29) is 24.1 Å². The van der Waals surface area contributed by atoms with Crippen LogP contribution in [0.2, 0.25) is 0 Å². The highest BCUT2D eigenvalue weighted by Crippen LogP contribution is 2.14. The van der Waals surface area contributed by atoms with E-state index in [1.165, 1.54) is 0 Å². The summed E-state index contributed by atoms with van der Waals surface area (Å²) in [5, 5.41) is 9.12. The van der Waals surface area contributed by atoms with Crippen LogP contribution in [-0.4, -0.2) is 50.8 Å². The molecule has 84 valence electrons. The van der Waals surface area contributed by atoms with Gasteiger partial charge in [0.25, 0.3) is 0 Å². The normalized spacial score (nSPS) is 32.1. The van der Waals surface area contributed by atoms with Crippen molar-refractivity contribution in [3.05, 3.63) is 0 Å². The Morgan fingerprint density at radius 2 is 2.21 bits per heavy atom. The van der Waals surface area contributed by atoms with Gasteiger partial charge in [-0.1, -0.05) is 0 Å². The van der Waals surface area contributed by atoms with Crippen molar-refractivity contribution in [2.24, 2.45) is 0 Å². The molecule has 1 aliphatic heterocycles. The lowest BCUT2D eigenvalue weighted by atomic mass is 10.2. The first-order chi connectivity index (χ1) is 6.54. The highest BCUT2D eigenvalue weighted by Gasteiger charge is 2.28. The summed E-state index contributed by atoms with van der Waals surface area (Å²) in [6.45, 7) is 7.05. The van der Waals surface area contributed by atoms with Crippen molar-refractivity contribution in [3.8, 4) is 0 Å². The third-order valence-electron chi connectivity index (χ3n) is 2.15. The molecule has 0 aliphatic carbocycles. The van der Waals surface area contributed by atoms with Gasteiger partial charge in [0, 0.05) is 18.3 Å². The number of nitrogens with zero attached hydrogens (tertiary/aromatic N) is 1. The summed E-state index contributed by atoms with van der Waals surface area (Å²) in [6.07, 6.45) is -0.148. The summed E-state index contributed by atoms with van der Waals surface area (Å²) in [7, 11) is -0.959. The zero-order valence-electron chi connectivity index (χ0n) is 8.97. The zero-order chi connectivity index (χ0) is 10.7. The maximum atomic E-state index is 11.8. The minimum Gasteiger partial charge on any atom is -0.394 e. The molecule has 1 N–H and O–H groups in total. The molecule has 3 unspecified atom stereocenters. The van der Waals surface area contributed by atoms with Gasteiger partial charge in [-0.2, -0.15) is 0 Å². The zero-order valence-corrected chi connectivity index (χ0v) is 9.79. The molecule has 14 heavy (non-hydrogen) atoms. The van der Waals surface area contributed by atoms with E-state index in [1.54, 1.807) is 0 Å². The van der Waals surface area contributed by atoms with E-state index in [0.29, 0.717) is 13.1 Å². The Kier molecular flexibility index (Phi) is 4.50. The monoisotopic (exact) mass is 221 g/mol. The molecule has 0 saturated carbocycles. The van der Waals surface area contributed by atoms with Crippen LogP contribution in [0.25, 0.3) is 0 Å². The molecule has 0 amide bonds. The average molecular weight is 221 g/mol. The number of rotatable bonds is 3. The van der Waals surface area contributed by atoms with Crippen LogP contribution in [0.15, 0.2) is 0 Å². The molecular formula is C9H19NO3S. The van der Waals surface area contributed by atoms with Crippen LogP contribution in [0.3, 0.4) is 0 Å².